The van der Waals surface area contributed by atoms with Crippen LogP contribution in [0.15, 0.2) is 0 Å². The van der Waals surface area contributed by atoms with E-state index in [9.17, 15) is 0 Å². The van der Waals surface area contributed by atoms with Crippen LogP contribution in [0.3, 0.4) is 0 Å². The molecule has 0 aliphatic heterocycles. The summed E-state index contributed by atoms with van der Waals surface area (Å²) in [6, 6.07) is 1.18. The molecule has 1 N–H and O–H groups in total. The number of rotatable bonds is 3. The van der Waals surface area contributed by atoms with Gasteiger partial charge < -0.3 is 5.32 Å². The zero-order chi connectivity index (χ0) is 14.2. The largest absolute Gasteiger partial charge is 0.307 e. The molecular weight excluding hydrogens is 264 g/mol. The van der Waals surface area contributed by atoms with Gasteiger partial charge in [-0.05, 0) is 64.7 Å². The van der Waals surface area contributed by atoms with Gasteiger partial charge in [-0.3, -0.25) is 0 Å². The molecular formula is C17H28N2S. The monoisotopic (exact) mass is 292 g/mol. The van der Waals surface area contributed by atoms with Crippen LogP contribution in [0.2, 0.25) is 0 Å². The van der Waals surface area contributed by atoms with Gasteiger partial charge in [0, 0.05) is 17.0 Å². The van der Waals surface area contributed by atoms with E-state index in [-0.39, 0.29) is 0 Å². The van der Waals surface area contributed by atoms with Gasteiger partial charge in [-0.2, -0.15) is 0 Å². The van der Waals surface area contributed by atoms with Gasteiger partial charge in [-0.15, -0.1) is 11.3 Å². The third-order valence-electron chi connectivity index (χ3n) is 5.53. The molecule has 0 aromatic carbocycles. The van der Waals surface area contributed by atoms with E-state index in [2.05, 4.69) is 31.1 Å². The van der Waals surface area contributed by atoms with Crippen LogP contribution in [-0.4, -0.2) is 11.0 Å². The molecule has 0 amide bonds. The van der Waals surface area contributed by atoms with Crippen molar-refractivity contribution in [2.75, 3.05) is 0 Å². The average molecular weight is 292 g/mol. The topological polar surface area (TPSA) is 24.9 Å². The van der Waals surface area contributed by atoms with Crippen LogP contribution in [0.1, 0.15) is 79.9 Å². The first-order chi connectivity index (χ1) is 9.58. The van der Waals surface area contributed by atoms with Gasteiger partial charge >= 0.3 is 0 Å². The molecule has 1 heterocycles. The van der Waals surface area contributed by atoms with Gasteiger partial charge in [-0.25, -0.2) is 4.98 Å². The third-order valence-corrected chi connectivity index (χ3v) is 6.78. The molecule has 1 atom stereocenters. The molecule has 0 radical (unpaired) electrons. The first-order valence-electron chi connectivity index (χ1n) is 8.28. The number of hydrogen-bond donors (Lipinski definition) is 1. The van der Waals surface area contributed by atoms with E-state index >= 15 is 0 Å². The Kier molecular flexibility index (Phi) is 4.19. The minimum atomic E-state index is 0.462. The molecule has 3 rings (SSSR count). The van der Waals surface area contributed by atoms with Crippen LogP contribution in [0.25, 0.3) is 0 Å². The van der Waals surface area contributed by atoms with Crippen molar-refractivity contribution in [2.24, 2.45) is 5.41 Å². The molecule has 3 heteroatoms. The number of nitrogens with one attached hydrogen (secondary N) is 1. The maximum atomic E-state index is 4.56. The second-order valence-electron chi connectivity index (χ2n) is 7.05. The van der Waals surface area contributed by atoms with Gasteiger partial charge in [0.25, 0.3) is 0 Å². The molecule has 2 nitrogen and oxygen atoms in total. The van der Waals surface area contributed by atoms with Gasteiger partial charge in [0.1, 0.15) is 0 Å². The van der Waals surface area contributed by atoms with Crippen LogP contribution in [0.4, 0.5) is 0 Å². The third kappa shape index (κ3) is 2.94. The summed E-state index contributed by atoms with van der Waals surface area (Å²) in [6.45, 7) is 6.56. The Bertz CT molecular complexity index is 450. The Morgan fingerprint density at radius 2 is 1.80 bits per heavy atom. The van der Waals surface area contributed by atoms with Crippen LogP contribution < -0.4 is 5.32 Å². The minimum absolute atomic E-state index is 0.462. The zero-order valence-electron chi connectivity index (χ0n) is 13.2. The summed E-state index contributed by atoms with van der Waals surface area (Å²) in [5, 5.41) is 5.06. The average Bonchev–Trinajstić information content (AvgIpc) is 3.00. The SMILES string of the molecule is Cc1nc(C)c(C(C)NC2CCC3(CCCC3)CC2)s1. The van der Waals surface area contributed by atoms with Crippen LogP contribution >= 0.6 is 11.3 Å². The number of aromatic nitrogens is 1. The van der Waals surface area contributed by atoms with E-state index in [1.807, 2.05) is 11.3 Å². The summed E-state index contributed by atoms with van der Waals surface area (Å²) in [5.41, 5.74) is 1.97. The molecule has 1 aromatic rings. The van der Waals surface area contributed by atoms with Crippen LogP contribution in [0.5, 0.6) is 0 Å². The predicted octanol–water partition coefficient (Wildman–Crippen LogP) is 4.91. The number of thiazole rings is 1. The molecule has 1 spiro atoms. The maximum Gasteiger partial charge on any atom is 0.0900 e. The molecule has 0 bridgehead atoms. The highest BCUT2D eigenvalue weighted by Crippen LogP contribution is 2.49. The fourth-order valence-electron chi connectivity index (χ4n) is 4.40. The fraction of sp³-hybridized carbons (Fsp3) is 0.824. The van der Waals surface area contributed by atoms with E-state index < -0.39 is 0 Å². The second kappa shape index (κ2) is 5.76. The number of nitrogens with zero attached hydrogens (tertiary/aromatic N) is 1. The normalized spacial score (nSPS) is 24.4. The van der Waals surface area contributed by atoms with Crippen LogP contribution in [-0.2, 0) is 0 Å². The highest BCUT2D eigenvalue weighted by atomic mass is 32.1. The molecule has 2 aliphatic carbocycles. The summed E-state index contributed by atoms with van der Waals surface area (Å²) in [7, 11) is 0. The molecule has 2 fully saturated rings. The first kappa shape index (κ1) is 14.5. The summed E-state index contributed by atoms with van der Waals surface area (Å²) < 4.78 is 0. The van der Waals surface area contributed by atoms with E-state index in [0.29, 0.717) is 6.04 Å². The second-order valence-corrected chi connectivity index (χ2v) is 8.29. The Hall–Kier alpha value is -0.410. The van der Waals surface area contributed by atoms with E-state index in [0.717, 1.165) is 11.5 Å². The van der Waals surface area contributed by atoms with Crippen molar-refractivity contribution in [1.82, 2.24) is 10.3 Å². The molecule has 20 heavy (non-hydrogen) atoms. The van der Waals surface area contributed by atoms with Crippen molar-refractivity contribution in [1.29, 1.82) is 0 Å². The lowest BCUT2D eigenvalue weighted by molar-refractivity contribution is 0.164. The molecule has 1 unspecified atom stereocenters. The lowest BCUT2D eigenvalue weighted by Crippen LogP contribution is -2.37. The van der Waals surface area contributed by atoms with Gasteiger partial charge in [0.05, 0.1) is 10.7 Å². The molecule has 112 valence electrons. The molecule has 0 saturated heterocycles. The van der Waals surface area contributed by atoms with Gasteiger partial charge in [0.2, 0.25) is 0 Å². The van der Waals surface area contributed by atoms with Crippen molar-refractivity contribution < 1.29 is 0 Å². The predicted molar refractivity (Wildman–Crippen MR) is 86.3 cm³/mol. The van der Waals surface area contributed by atoms with E-state index in [4.69, 9.17) is 0 Å². The molecule has 2 saturated carbocycles. The first-order valence-corrected chi connectivity index (χ1v) is 9.10. The van der Waals surface area contributed by atoms with Crippen molar-refractivity contribution in [3.63, 3.8) is 0 Å². The fourth-order valence-corrected chi connectivity index (χ4v) is 5.34. The minimum Gasteiger partial charge on any atom is -0.307 e. The van der Waals surface area contributed by atoms with Crippen molar-refractivity contribution >= 4 is 11.3 Å². The van der Waals surface area contributed by atoms with Crippen molar-refractivity contribution in [3.05, 3.63) is 15.6 Å². The Labute approximate surface area is 127 Å². The van der Waals surface area contributed by atoms with Crippen molar-refractivity contribution in [3.8, 4) is 0 Å². The summed E-state index contributed by atoms with van der Waals surface area (Å²) in [4.78, 5) is 6.00. The standard InChI is InChI=1S/C17H28N2S/c1-12-16(20-14(3)18-12)13(2)19-15-6-10-17(11-7-15)8-4-5-9-17/h13,15,19H,4-11H2,1-3H3. The highest BCUT2D eigenvalue weighted by molar-refractivity contribution is 7.11. The Morgan fingerprint density at radius 1 is 1.15 bits per heavy atom. The maximum absolute atomic E-state index is 4.56. The van der Waals surface area contributed by atoms with E-state index in [1.165, 1.54) is 66.9 Å². The summed E-state index contributed by atoms with van der Waals surface area (Å²) >= 11 is 1.86. The number of aryl methyl sites for hydroxylation is 2. The quantitative estimate of drug-likeness (QED) is 0.856. The Balaban J connectivity index is 1.55. The van der Waals surface area contributed by atoms with Gasteiger partial charge in [-0.1, -0.05) is 12.8 Å². The van der Waals surface area contributed by atoms with Crippen molar-refractivity contribution in [2.45, 2.75) is 84.2 Å². The van der Waals surface area contributed by atoms with E-state index in [1.54, 1.807) is 0 Å². The molecule has 1 aromatic heterocycles. The summed E-state index contributed by atoms with van der Waals surface area (Å²) in [6.07, 6.45) is 11.6. The number of hydrogen-bond acceptors (Lipinski definition) is 3. The Morgan fingerprint density at radius 3 is 2.35 bits per heavy atom. The lowest BCUT2D eigenvalue weighted by atomic mass is 9.71. The molecule has 2 aliphatic rings. The van der Waals surface area contributed by atoms with Gasteiger partial charge in [0.15, 0.2) is 0 Å². The van der Waals surface area contributed by atoms with Crippen LogP contribution in [0, 0.1) is 19.3 Å². The zero-order valence-corrected chi connectivity index (χ0v) is 14.0. The highest BCUT2D eigenvalue weighted by Gasteiger charge is 2.37. The summed E-state index contributed by atoms with van der Waals surface area (Å²) in [5.74, 6) is 0. The lowest BCUT2D eigenvalue weighted by Gasteiger charge is -2.38. The smallest absolute Gasteiger partial charge is 0.0900 e.